The average Bonchev–Trinajstić information content (AvgIpc) is 3.62. The van der Waals surface area contributed by atoms with Crippen molar-refractivity contribution in [2.75, 3.05) is 39.3 Å². The van der Waals surface area contributed by atoms with Gasteiger partial charge in [-0.25, -0.2) is 0 Å². The number of alkyl halides is 3. The van der Waals surface area contributed by atoms with Crippen LogP contribution in [0.25, 0.3) is 10.1 Å². The number of carbonyl (C=O) groups excluding carboxylic acids is 2. The number of halogens is 3. The molecule has 6 rings (SSSR count). The summed E-state index contributed by atoms with van der Waals surface area (Å²) < 4.78 is 40.2. The summed E-state index contributed by atoms with van der Waals surface area (Å²) in [5, 5.41) is 0.787. The number of rotatable bonds is 4. The van der Waals surface area contributed by atoms with Crippen molar-refractivity contribution < 1.29 is 22.8 Å². The number of carbonyl (C=O) groups is 2. The standard InChI is InChI=1S/C27H26F3N3O2S/c28-27(29,30)19-8-9-21-22(14-19)36-24(23(21)17-6-7-17)26(35)33-15-20(16-33)31-10-12-32(13-11-31)25(34)18-4-2-1-3-5-18/h1-5,8-9,14,17,20H,6-7,10-13,15-16H2. The number of likely N-dealkylation sites (tertiary alicyclic amines) is 1. The highest BCUT2D eigenvalue weighted by Crippen LogP contribution is 2.49. The number of amides is 2. The predicted octanol–water partition coefficient (Wildman–Crippen LogP) is 5.08. The lowest BCUT2D eigenvalue weighted by atomic mass is 10.0. The lowest BCUT2D eigenvalue weighted by Crippen LogP contribution is -2.64. The third-order valence-corrected chi connectivity index (χ3v) is 8.68. The molecule has 3 aliphatic rings. The van der Waals surface area contributed by atoms with Gasteiger partial charge in [-0.05, 0) is 54.0 Å². The van der Waals surface area contributed by atoms with E-state index in [0.29, 0.717) is 41.3 Å². The summed E-state index contributed by atoms with van der Waals surface area (Å²) in [5.74, 6) is 0.245. The van der Waals surface area contributed by atoms with Gasteiger partial charge in [0.1, 0.15) is 0 Å². The molecule has 1 aromatic heterocycles. The van der Waals surface area contributed by atoms with Crippen LogP contribution >= 0.6 is 11.3 Å². The summed E-state index contributed by atoms with van der Waals surface area (Å²) in [6.45, 7) is 4.06. The van der Waals surface area contributed by atoms with E-state index in [4.69, 9.17) is 0 Å². The summed E-state index contributed by atoms with van der Waals surface area (Å²) in [5.41, 5.74) is 0.959. The van der Waals surface area contributed by atoms with Gasteiger partial charge in [0.25, 0.3) is 11.8 Å². The zero-order chi connectivity index (χ0) is 25.0. The minimum Gasteiger partial charge on any atom is -0.336 e. The Bertz CT molecular complexity index is 1310. The maximum Gasteiger partial charge on any atom is 0.416 e. The van der Waals surface area contributed by atoms with Crippen LogP contribution in [0.3, 0.4) is 0 Å². The van der Waals surface area contributed by atoms with Crippen LogP contribution in [0.15, 0.2) is 48.5 Å². The quantitative estimate of drug-likeness (QED) is 0.489. The Morgan fingerprint density at radius 3 is 2.19 bits per heavy atom. The Kier molecular flexibility index (Phi) is 5.80. The fourth-order valence-corrected chi connectivity index (χ4v) is 6.57. The largest absolute Gasteiger partial charge is 0.416 e. The molecule has 2 saturated heterocycles. The molecule has 3 aromatic rings. The van der Waals surface area contributed by atoms with Gasteiger partial charge in [0.15, 0.2) is 0 Å². The number of benzene rings is 2. The first kappa shape index (κ1) is 23.5. The smallest absolute Gasteiger partial charge is 0.336 e. The van der Waals surface area contributed by atoms with E-state index in [1.807, 2.05) is 40.1 Å². The number of nitrogens with zero attached hydrogens (tertiary/aromatic N) is 3. The van der Waals surface area contributed by atoms with Crippen molar-refractivity contribution in [1.29, 1.82) is 0 Å². The van der Waals surface area contributed by atoms with Crippen molar-refractivity contribution in [1.82, 2.24) is 14.7 Å². The summed E-state index contributed by atoms with van der Waals surface area (Å²) in [6, 6.07) is 13.4. The van der Waals surface area contributed by atoms with E-state index >= 15 is 0 Å². The molecule has 2 aliphatic heterocycles. The third kappa shape index (κ3) is 4.28. The summed E-state index contributed by atoms with van der Waals surface area (Å²) >= 11 is 1.20. The van der Waals surface area contributed by atoms with Gasteiger partial charge in [-0.2, -0.15) is 13.2 Å². The first-order chi connectivity index (χ1) is 17.3. The normalized spacial score (nSPS) is 19.5. The van der Waals surface area contributed by atoms with Gasteiger partial charge in [0.05, 0.1) is 10.4 Å². The molecule has 0 atom stereocenters. The Labute approximate surface area is 211 Å². The summed E-state index contributed by atoms with van der Waals surface area (Å²) in [6.07, 6.45) is -2.45. The SMILES string of the molecule is O=C(c1ccccc1)N1CCN(C2CN(C(=O)c3sc4cc(C(F)(F)F)ccc4c3C3CC3)C2)CC1. The number of fused-ring (bicyclic) bond motifs is 1. The van der Waals surface area contributed by atoms with Gasteiger partial charge in [0.2, 0.25) is 0 Å². The van der Waals surface area contributed by atoms with E-state index in [1.54, 1.807) is 0 Å². The minimum atomic E-state index is -4.40. The van der Waals surface area contributed by atoms with Crippen molar-refractivity contribution in [3.8, 4) is 0 Å². The van der Waals surface area contributed by atoms with Gasteiger partial charge in [-0.1, -0.05) is 24.3 Å². The zero-order valence-corrected chi connectivity index (χ0v) is 20.4. The molecule has 2 aromatic carbocycles. The maximum atomic E-state index is 13.4. The van der Waals surface area contributed by atoms with Crippen LogP contribution in [0.5, 0.6) is 0 Å². The Morgan fingerprint density at radius 1 is 0.861 bits per heavy atom. The van der Waals surface area contributed by atoms with E-state index in [9.17, 15) is 22.8 Å². The molecular weight excluding hydrogens is 487 g/mol. The number of hydrogen-bond acceptors (Lipinski definition) is 4. The molecule has 36 heavy (non-hydrogen) atoms. The second-order valence-electron chi connectivity index (χ2n) is 9.89. The lowest BCUT2D eigenvalue weighted by Gasteiger charge is -2.48. The molecule has 3 heterocycles. The predicted molar refractivity (Wildman–Crippen MR) is 132 cm³/mol. The van der Waals surface area contributed by atoms with Crippen molar-refractivity contribution in [3.05, 3.63) is 70.1 Å². The maximum absolute atomic E-state index is 13.4. The van der Waals surface area contributed by atoms with Crippen molar-refractivity contribution in [3.63, 3.8) is 0 Å². The third-order valence-electron chi connectivity index (χ3n) is 7.52. The Balaban J connectivity index is 1.11. The molecule has 0 unspecified atom stereocenters. The van der Waals surface area contributed by atoms with E-state index in [-0.39, 0.29) is 23.8 Å². The highest BCUT2D eigenvalue weighted by molar-refractivity contribution is 7.21. The van der Waals surface area contributed by atoms with Gasteiger partial charge in [0, 0.05) is 55.6 Å². The first-order valence-corrected chi connectivity index (χ1v) is 13.1. The topological polar surface area (TPSA) is 43.9 Å². The van der Waals surface area contributed by atoms with Crippen molar-refractivity contribution in [2.45, 2.75) is 31.0 Å². The van der Waals surface area contributed by atoms with Crippen LogP contribution in [-0.4, -0.2) is 71.8 Å². The van der Waals surface area contributed by atoms with Crippen LogP contribution in [0, 0.1) is 0 Å². The average molecular weight is 514 g/mol. The second kappa shape index (κ2) is 8.88. The molecule has 0 spiro atoms. The highest BCUT2D eigenvalue weighted by atomic mass is 32.1. The molecule has 188 valence electrons. The number of thiophene rings is 1. The molecule has 0 N–H and O–H groups in total. The van der Waals surface area contributed by atoms with Crippen LogP contribution in [-0.2, 0) is 6.18 Å². The molecule has 2 amide bonds. The molecule has 9 heteroatoms. The van der Waals surface area contributed by atoms with Crippen LogP contribution in [0.2, 0.25) is 0 Å². The van der Waals surface area contributed by atoms with E-state index in [0.717, 1.165) is 42.9 Å². The fraction of sp³-hybridized carbons (Fsp3) is 0.407. The van der Waals surface area contributed by atoms with Gasteiger partial charge in [-0.15, -0.1) is 11.3 Å². The second-order valence-corrected chi connectivity index (χ2v) is 10.9. The monoisotopic (exact) mass is 513 g/mol. The highest BCUT2D eigenvalue weighted by Gasteiger charge is 2.40. The molecule has 3 fully saturated rings. The van der Waals surface area contributed by atoms with E-state index in [1.165, 1.54) is 23.5 Å². The molecule has 1 saturated carbocycles. The Morgan fingerprint density at radius 2 is 1.56 bits per heavy atom. The molecular formula is C27H26F3N3O2S. The van der Waals surface area contributed by atoms with E-state index in [2.05, 4.69) is 4.90 Å². The number of hydrogen-bond donors (Lipinski definition) is 0. The lowest BCUT2D eigenvalue weighted by molar-refractivity contribution is -0.137. The van der Waals surface area contributed by atoms with Crippen LogP contribution in [0.1, 0.15) is 49.9 Å². The summed E-state index contributed by atoms with van der Waals surface area (Å²) in [7, 11) is 0. The zero-order valence-electron chi connectivity index (χ0n) is 19.6. The van der Waals surface area contributed by atoms with Gasteiger partial charge in [-0.3, -0.25) is 14.5 Å². The fourth-order valence-electron chi connectivity index (χ4n) is 5.28. The van der Waals surface area contributed by atoms with Crippen LogP contribution < -0.4 is 0 Å². The first-order valence-electron chi connectivity index (χ1n) is 12.3. The molecule has 0 bridgehead atoms. The molecule has 5 nitrogen and oxygen atoms in total. The van der Waals surface area contributed by atoms with Crippen molar-refractivity contribution >= 4 is 33.2 Å². The van der Waals surface area contributed by atoms with Crippen LogP contribution in [0.4, 0.5) is 13.2 Å². The molecule has 1 aliphatic carbocycles. The summed E-state index contributed by atoms with van der Waals surface area (Å²) in [4.78, 5) is 32.7. The van der Waals surface area contributed by atoms with Gasteiger partial charge < -0.3 is 9.80 Å². The molecule has 0 radical (unpaired) electrons. The van der Waals surface area contributed by atoms with E-state index < -0.39 is 11.7 Å². The minimum absolute atomic E-state index is 0.0479. The Hall–Kier alpha value is -2.91. The van der Waals surface area contributed by atoms with Crippen molar-refractivity contribution in [2.24, 2.45) is 0 Å². The number of piperazine rings is 1. The van der Waals surface area contributed by atoms with Gasteiger partial charge >= 0.3 is 6.18 Å².